The molecule has 0 aliphatic heterocycles. The molecular formula is C6H10CuN5S2-5. The number of nitrogens with zero attached hydrogens (tertiary/aromatic N) is 3. The van der Waals surface area contributed by atoms with Crippen molar-refractivity contribution in [3.05, 3.63) is 16.8 Å². The van der Waals surface area contributed by atoms with Crippen molar-refractivity contribution in [1.29, 1.82) is 10.5 Å². The molecule has 1 radical (unpaired) electrons. The fraction of sp³-hybridized carbons (Fsp3) is 0.667. The second-order valence-corrected chi connectivity index (χ2v) is 1.72. The van der Waals surface area contributed by atoms with E-state index in [1.807, 2.05) is 0 Å². The Bertz CT molecular complexity index is 128. The van der Waals surface area contributed by atoms with E-state index in [0.29, 0.717) is 26.2 Å². The van der Waals surface area contributed by atoms with Crippen molar-refractivity contribution in [1.82, 2.24) is 0 Å². The minimum Gasteiger partial charge on any atom is -0.696 e. The van der Waals surface area contributed by atoms with Gasteiger partial charge in [0.05, 0.1) is 0 Å². The number of nitriles is 2. The molecule has 87 valence electrons. The average molecular weight is 280 g/mol. The van der Waals surface area contributed by atoms with Gasteiger partial charge in [0.15, 0.2) is 0 Å². The topological polar surface area (TPSA) is 109 Å². The van der Waals surface area contributed by atoms with Gasteiger partial charge in [-0.2, -0.15) is 26.2 Å². The number of rotatable bonds is 4. The van der Waals surface area contributed by atoms with E-state index in [2.05, 4.69) is 30.6 Å². The molecule has 8 heteroatoms. The molecule has 0 aliphatic rings. The smallest absolute Gasteiger partial charge is 0 e. The van der Waals surface area contributed by atoms with E-state index in [9.17, 15) is 0 Å². The molecule has 0 fully saturated rings. The van der Waals surface area contributed by atoms with Crippen LogP contribution in [0.15, 0.2) is 0 Å². The van der Waals surface area contributed by atoms with Crippen LogP contribution in [0.1, 0.15) is 0 Å². The van der Waals surface area contributed by atoms with Crippen molar-refractivity contribution in [3.63, 3.8) is 0 Å². The van der Waals surface area contributed by atoms with E-state index >= 15 is 0 Å². The van der Waals surface area contributed by atoms with Crippen LogP contribution in [0, 0.1) is 21.3 Å². The van der Waals surface area contributed by atoms with Gasteiger partial charge in [0, 0.05) is 17.1 Å². The Labute approximate surface area is 106 Å². The average Bonchev–Trinajstić information content (AvgIpc) is 2.08. The largest absolute Gasteiger partial charge is 0.696 e. The Morgan fingerprint density at radius 3 is 1.36 bits per heavy atom. The summed E-state index contributed by atoms with van der Waals surface area (Å²) in [6.45, 7) is 1.91. The SMILES string of the molecule is N#C[S-].N#C[S-].[Cu].[NH-]CC[N-]CC[NH-]. The fourth-order valence-corrected chi connectivity index (χ4v) is 0.270. The summed E-state index contributed by atoms with van der Waals surface area (Å²) in [4.78, 5) is 0. The molecule has 0 rings (SSSR count). The first-order valence-electron chi connectivity index (χ1n) is 3.20. The van der Waals surface area contributed by atoms with Crippen LogP contribution < -0.4 is 0 Å². The summed E-state index contributed by atoms with van der Waals surface area (Å²) in [6.07, 6.45) is 0. The monoisotopic (exact) mass is 279 g/mol. The molecule has 0 amide bonds. The van der Waals surface area contributed by atoms with Crippen LogP contribution >= 0.6 is 0 Å². The van der Waals surface area contributed by atoms with E-state index in [4.69, 9.17) is 22.0 Å². The number of hydrogen-bond donors (Lipinski definition) is 0. The molecule has 0 bridgehead atoms. The Kier molecular flexibility index (Phi) is 64.8. The van der Waals surface area contributed by atoms with Gasteiger partial charge in [0.2, 0.25) is 0 Å². The predicted molar refractivity (Wildman–Crippen MR) is 57.4 cm³/mol. The molecule has 0 saturated carbocycles. The summed E-state index contributed by atoms with van der Waals surface area (Å²) >= 11 is 7.40. The predicted octanol–water partition coefficient (Wildman–Crippen LogP) is 1.49. The Hall–Kier alpha value is -0.181. The van der Waals surface area contributed by atoms with Crippen LogP contribution in [0.4, 0.5) is 0 Å². The van der Waals surface area contributed by atoms with E-state index in [-0.39, 0.29) is 17.1 Å². The molecule has 0 saturated heterocycles. The van der Waals surface area contributed by atoms with Crippen LogP contribution in [0.25, 0.3) is 16.8 Å². The van der Waals surface area contributed by atoms with Crippen molar-refractivity contribution in [3.8, 4) is 10.8 Å². The summed E-state index contributed by atoms with van der Waals surface area (Å²) in [6, 6.07) is 0. The molecule has 0 aliphatic carbocycles. The molecule has 2 N–H and O–H groups in total. The molecule has 0 heterocycles. The maximum Gasteiger partial charge on any atom is 0 e. The second kappa shape index (κ2) is 38.5. The van der Waals surface area contributed by atoms with E-state index in [1.165, 1.54) is 10.8 Å². The summed E-state index contributed by atoms with van der Waals surface area (Å²) < 4.78 is 0. The van der Waals surface area contributed by atoms with Crippen LogP contribution in [0.3, 0.4) is 0 Å². The van der Waals surface area contributed by atoms with Crippen molar-refractivity contribution in [2.24, 2.45) is 0 Å². The molecular weight excluding hydrogens is 270 g/mol. The normalized spacial score (nSPS) is 5.71. The standard InChI is InChI=1S/C4H10N3.2CHNS.Cu/c5-1-3-7-4-2-6;2*2-1-3;/h5-6H,1-4H2;2*3H;/q-3;;;/p-2. The molecule has 14 heavy (non-hydrogen) atoms. The molecule has 0 aromatic rings. The summed E-state index contributed by atoms with van der Waals surface area (Å²) in [5.41, 5.74) is 13.3. The molecule has 0 unspecified atom stereocenters. The van der Waals surface area contributed by atoms with Gasteiger partial charge in [-0.3, -0.25) is 0 Å². The van der Waals surface area contributed by atoms with E-state index in [1.54, 1.807) is 0 Å². The quantitative estimate of drug-likeness (QED) is 0.336. The summed E-state index contributed by atoms with van der Waals surface area (Å²) in [5, 5.41) is 20.8. The van der Waals surface area contributed by atoms with Gasteiger partial charge in [-0.25, -0.2) is 10.5 Å². The molecule has 5 nitrogen and oxygen atoms in total. The van der Waals surface area contributed by atoms with Crippen LogP contribution in [0.5, 0.6) is 0 Å². The number of hydrogen-bond acceptors (Lipinski definition) is 4. The van der Waals surface area contributed by atoms with Crippen LogP contribution in [-0.4, -0.2) is 26.2 Å². The van der Waals surface area contributed by atoms with Crippen LogP contribution in [-0.2, 0) is 42.3 Å². The van der Waals surface area contributed by atoms with Crippen molar-refractivity contribution >= 4 is 25.3 Å². The summed E-state index contributed by atoms with van der Waals surface area (Å²) in [5.74, 6) is 0. The maximum atomic E-state index is 7.13. The third-order valence-electron chi connectivity index (χ3n) is 0.540. The summed E-state index contributed by atoms with van der Waals surface area (Å²) in [7, 11) is 0. The van der Waals surface area contributed by atoms with Crippen molar-refractivity contribution < 1.29 is 17.1 Å². The first-order valence-corrected chi connectivity index (χ1v) is 4.01. The second-order valence-electron chi connectivity index (χ2n) is 1.35. The zero-order chi connectivity index (χ0) is 10.9. The van der Waals surface area contributed by atoms with Gasteiger partial charge in [-0.1, -0.05) is 10.8 Å². The van der Waals surface area contributed by atoms with Crippen LogP contribution in [0.2, 0.25) is 0 Å². The van der Waals surface area contributed by atoms with Crippen molar-refractivity contribution in [2.75, 3.05) is 26.2 Å². The minimum atomic E-state index is 0. The molecule has 0 aromatic carbocycles. The number of nitrogens with one attached hydrogen (secondary N) is 2. The third kappa shape index (κ3) is 94.8. The van der Waals surface area contributed by atoms with Gasteiger partial charge in [0.25, 0.3) is 0 Å². The number of thiocyanates is 2. The zero-order valence-electron chi connectivity index (χ0n) is 7.29. The van der Waals surface area contributed by atoms with Gasteiger partial charge >= 0.3 is 0 Å². The third-order valence-corrected chi connectivity index (χ3v) is 0.540. The van der Waals surface area contributed by atoms with Gasteiger partial charge in [-0.15, -0.1) is 0 Å². The van der Waals surface area contributed by atoms with E-state index < -0.39 is 0 Å². The Balaban J connectivity index is -0.0000000610. The zero-order valence-corrected chi connectivity index (χ0v) is 9.86. The molecule has 0 aromatic heterocycles. The van der Waals surface area contributed by atoms with Gasteiger partial charge in [-0.05, 0) is 0 Å². The molecule has 0 spiro atoms. The fourth-order valence-electron chi connectivity index (χ4n) is 0.270. The Morgan fingerprint density at radius 2 is 1.21 bits per heavy atom. The maximum absolute atomic E-state index is 7.13. The van der Waals surface area contributed by atoms with E-state index in [0.717, 1.165) is 0 Å². The van der Waals surface area contributed by atoms with Crippen molar-refractivity contribution in [2.45, 2.75) is 0 Å². The molecule has 0 atom stereocenters. The van der Waals surface area contributed by atoms with Gasteiger partial charge in [0.1, 0.15) is 0 Å². The Morgan fingerprint density at radius 1 is 1.00 bits per heavy atom. The first kappa shape index (κ1) is 23.6. The first-order chi connectivity index (χ1) is 6.24. The minimum absolute atomic E-state index is 0. The van der Waals surface area contributed by atoms with Gasteiger partial charge < -0.3 is 42.0 Å².